The Morgan fingerprint density at radius 3 is 2.58 bits per heavy atom. The number of rotatable bonds is 4. The van der Waals surface area contributed by atoms with Crippen molar-refractivity contribution >= 4 is 17.4 Å². The molecule has 1 aromatic heterocycles. The summed E-state index contributed by atoms with van der Waals surface area (Å²) in [5, 5.41) is 11.0. The predicted molar refractivity (Wildman–Crippen MR) is 89.7 cm³/mol. The van der Waals surface area contributed by atoms with E-state index in [4.69, 9.17) is 0 Å². The maximum Gasteiger partial charge on any atom is 0.274 e. The number of benzene rings is 1. The summed E-state index contributed by atoms with van der Waals surface area (Å²) >= 11 is 0. The third kappa shape index (κ3) is 3.86. The zero-order chi connectivity index (χ0) is 16.9. The summed E-state index contributed by atoms with van der Waals surface area (Å²) in [7, 11) is 0. The van der Waals surface area contributed by atoms with Gasteiger partial charge in [-0.3, -0.25) is 4.79 Å². The number of carbonyl (C=O) groups is 1. The molecule has 1 fully saturated rings. The summed E-state index contributed by atoms with van der Waals surface area (Å²) < 4.78 is 13.2. The average molecular weight is 329 g/mol. The SMILES string of the molecule is CCN1CCN(C(=O)c2ccc(Nc3cccc(F)c3)nn2)CC1. The van der Waals surface area contributed by atoms with Gasteiger partial charge >= 0.3 is 0 Å². The van der Waals surface area contributed by atoms with Crippen LogP contribution >= 0.6 is 0 Å². The Balaban J connectivity index is 1.63. The molecule has 0 atom stereocenters. The Morgan fingerprint density at radius 2 is 1.96 bits per heavy atom. The van der Waals surface area contributed by atoms with Gasteiger partial charge in [-0.2, -0.15) is 0 Å². The summed E-state index contributed by atoms with van der Waals surface area (Å²) in [6.07, 6.45) is 0. The van der Waals surface area contributed by atoms with Gasteiger partial charge in [-0.05, 0) is 36.9 Å². The van der Waals surface area contributed by atoms with Crippen molar-refractivity contribution in [2.75, 3.05) is 38.0 Å². The van der Waals surface area contributed by atoms with Crippen molar-refractivity contribution in [2.45, 2.75) is 6.92 Å². The molecule has 0 radical (unpaired) electrons. The molecule has 0 aliphatic carbocycles. The highest BCUT2D eigenvalue weighted by atomic mass is 19.1. The van der Waals surface area contributed by atoms with Crippen LogP contribution in [0.25, 0.3) is 0 Å². The van der Waals surface area contributed by atoms with Crippen LogP contribution in [0.15, 0.2) is 36.4 Å². The Labute approximate surface area is 140 Å². The molecule has 1 aliphatic rings. The standard InChI is InChI=1S/C17H20FN5O/c1-2-22-8-10-23(11-9-22)17(24)15-6-7-16(21-20-15)19-14-5-3-4-13(18)12-14/h3-7,12H,2,8-11H2,1H3,(H,19,21). The van der Waals surface area contributed by atoms with Gasteiger partial charge in [0.15, 0.2) is 11.5 Å². The minimum atomic E-state index is -0.328. The van der Waals surface area contributed by atoms with E-state index in [0.717, 1.165) is 19.6 Å². The van der Waals surface area contributed by atoms with Crippen LogP contribution in [-0.2, 0) is 0 Å². The lowest BCUT2D eigenvalue weighted by molar-refractivity contribution is 0.0636. The van der Waals surface area contributed by atoms with E-state index in [0.29, 0.717) is 30.3 Å². The molecular weight excluding hydrogens is 309 g/mol. The van der Waals surface area contributed by atoms with Crippen LogP contribution in [0.2, 0.25) is 0 Å². The van der Waals surface area contributed by atoms with Crippen molar-refractivity contribution in [3.05, 3.63) is 47.9 Å². The van der Waals surface area contributed by atoms with Crippen LogP contribution in [0.5, 0.6) is 0 Å². The quantitative estimate of drug-likeness (QED) is 0.931. The van der Waals surface area contributed by atoms with Gasteiger partial charge in [-0.25, -0.2) is 4.39 Å². The zero-order valence-corrected chi connectivity index (χ0v) is 13.6. The molecule has 7 heteroatoms. The van der Waals surface area contributed by atoms with Crippen molar-refractivity contribution in [3.63, 3.8) is 0 Å². The van der Waals surface area contributed by atoms with Crippen molar-refractivity contribution < 1.29 is 9.18 Å². The number of nitrogens with zero attached hydrogens (tertiary/aromatic N) is 4. The van der Waals surface area contributed by atoms with E-state index in [9.17, 15) is 9.18 Å². The van der Waals surface area contributed by atoms with Crippen molar-refractivity contribution in [1.82, 2.24) is 20.0 Å². The molecule has 126 valence electrons. The topological polar surface area (TPSA) is 61.4 Å². The molecule has 1 aromatic carbocycles. The summed E-state index contributed by atoms with van der Waals surface area (Å²) in [5.41, 5.74) is 0.906. The lowest BCUT2D eigenvalue weighted by Crippen LogP contribution is -2.48. The fourth-order valence-corrected chi connectivity index (χ4v) is 2.66. The second-order valence-electron chi connectivity index (χ2n) is 5.67. The van der Waals surface area contributed by atoms with Crippen LogP contribution in [0.3, 0.4) is 0 Å². The number of anilines is 2. The molecule has 1 saturated heterocycles. The Bertz CT molecular complexity index is 698. The highest BCUT2D eigenvalue weighted by Crippen LogP contribution is 2.15. The minimum absolute atomic E-state index is 0.101. The second kappa shape index (κ2) is 7.35. The number of hydrogen-bond acceptors (Lipinski definition) is 5. The summed E-state index contributed by atoms with van der Waals surface area (Å²) in [5.74, 6) is 0.0366. The van der Waals surface area contributed by atoms with Gasteiger partial charge in [0.2, 0.25) is 0 Å². The number of likely N-dealkylation sites (N-methyl/N-ethyl adjacent to an activating group) is 1. The van der Waals surface area contributed by atoms with Gasteiger partial charge in [0.05, 0.1) is 0 Å². The molecule has 2 aromatic rings. The molecular formula is C17H20FN5O. The largest absolute Gasteiger partial charge is 0.339 e. The van der Waals surface area contributed by atoms with Gasteiger partial charge < -0.3 is 15.1 Å². The van der Waals surface area contributed by atoms with Crippen LogP contribution in [0, 0.1) is 5.82 Å². The predicted octanol–water partition coefficient (Wildman–Crippen LogP) is 2.14. The Kier molecular flexibility index (Phi) is 5.00. The van der Waals surface area contributed by atoms with Gasteiger partial charge in [-0.15, -0.1) is 10.2 Å². The van der Waals surface area contributed by atoms with Crippen LogP contribution < -0.4 is 5.32 Å². The van der Waals surface area contributed by atoms with E-state index in [2.05, 4.69) is 27.3 Å². The number of nitrogens with one attached hydrogen (secondary N) is 1. The van der Waals surface area contributed by atoms with E-state index in [1.165, 1.54) is 12.1 Å². The molecule has 3 rings (SSSR count). The van der Waals surface area contributed by atoms with E-state index < -0.39 is 0 Å². The molecule has 6 nitrogen and oxygen atoms in total. The summed E-state index contributed by atoms with van der Waals surface area (Å²) in [4.78, 5) is 16.6. The minimum Gasteiger partial charge on any atom is -0.339 e. The lowest BCUT2D eigenvalue weighted by atomic mass is 10.2. The highest BCUT2D eigenvalue weighted by Gasteiger charge is 2.22. The molecule has 0 saturated carbocycles. The number of aromatic nitrogens is 2. The van der Waals surface area contributed by atoms with Crippen molar-refractivity contribution in [3.8, 4) is 0 Å². The van der Waals surface area contributed by atoms with Gasteiger partial charge in [-0.1, -0.05) is 13.0 Å². The lowest BCUT2D eigenvalue weighted by Gasteiger charge is -2.33. The first-order valence-electron chi connectivity index (χ1n) is 8.03. The van der Waals surface area contributed by atoms with Crippen LogP contribution in [0.1, 0.15) is 17.4 Å². The monoisotopic (exact) mass is 329 g/mol. The first-order chi connectivity index (χ1) is 11.7. The van der Waals surface area contributed by atoms with Crippen molar-refractivity contribution in [1.29, 1.82) is 0 Å². The maximum absolute atomic E-state index is 13.2. The second-order valence-corrected chi connectivity index (χ2v) is 5.67. The third-order valence-corrected chi connectivity index (χ3v) is 4.09. The van der Waals surface area contributed by atoms with Crippen molar-refractivity contribution in [2.24, 2.45) is 0 Å². The Hall–Kier alpha value is -2.54. The Morgan fingerprint density at radius 1 is 1.17 bits per heavy atom. The molecule has 24 heavy (non-hydrogen) atoms. The average Bonchev–Trinajstić information content (AvgIpc) is 2.62. The van der Waals surface area contributed by atoms with E-state index in [1.807, 2.05) is 0 Å². The molecule has 0 spiro atoms. The molecule has 1 N–H and O–H groups in total. The fraction of sp³-hybridized carbons (Fsp3) is 0.353. The maximum atomic E-state index is 13.2. The van der Waals surface area contributed by atoms with Gasteiger partial charge in [0.25, 0.3) is 5.91 Å². The molecule has 0 bridgehead atoms. The van der Waals surface area contributed by atoms with Gasteiger partial charge in [0, 0.05) is 31.9 Å². The number of halogens is 1. The smallest absolute Gasteiger partial charge is 0.274 e. The molecule has 0 unspecified atom stereocenters. The highest BCUT2D eigenvalue weighted by molar-refractivity contribution is 5.92. The first-order valence-corrected chi connectivity index (χ1v) is 8.03. The normalized spacial score (nSPS) is 15.3. The first kappa shape index (κ1) is 16.3. The third-order valence-electron chi connectivity index (χ3n) is 4.09. The molecule has 2 heterocycles. The van der Waals surface area contributed by atoms with E-state index in [1.54, 1.807) is 29.2 Å². The summed E-state index contributed by atoms with van der Waals surface area (Å²) in [6, 6.07) is 9.40. The van der Waals surface area contributed by atoms with Crippen LogP contribution in [0.4, 0.5) is 15.9 Å². The van der Waals surface area contributed by atoms with E-state index >= 15 is 0 Å². The zero-order valence-electron chi connectivity index (χ0n) is 13.6. The van der Waals surface area contributed by atoms with E-state index in [-0.39, 0.29) is 11.7 Å². The number of hydrogen-bond donors (Lipinski definition) is 1. The van der Waals surface area contributed by atoms with Gasteiger partial charge in [0.1, 0.15) is 5.82 Å². The summed E-state index contributed by atoms with van der Waals surface area (Å²) in [6.45, 7) is 6.30. The number of carbonyl (C=O) groups excluding carboxylic acids is 1. The molecule has 1 aliphatic heterocycles. The number of amides is 1. The molecule has 1 amide bonds. The number of piperazine rings is 1. The fourth-order valence-electron chi connectivity index (χ4n) is 2.66. The van der Waals surface area contributed by atoms with Crippen LogP contribution in [-0.4, -0.2) is 58.6 Å².